The molecule has 1 aromatic carbocycles. The number of carbonyl (C=O) groups is 1. The highest BCUT2D eigenvalue weighted by Gasteiger charge is 2.45. The smallest absolute Gasteiger partial charge is 0.312 e. The highest BCUT2D eigenvalue weighted by atomic mass is 16.5. The zero-order chi connectivity index (χ0) is 14.6. The molecule has 3 nitrogen and oxygen atoms in total. The second-order valence-corrected chi connectivity index (χ2v) is 5.70. The van der Waals surface area contributed by atoms with Gasteiger partial charge in [0.25, 0.3) is 0 Å². The van der Waals surface area contributed by atoms with Crippen molar-refractivity contribution < 1.29 is 14.3 Å². The summed E-state index contributed by atoms with van der Waals surface area (Å²) in [6, 6.07) is 8.03. The first-order chi connectivity index (χ1) is 9.64. The maximum absolute atomic E-state index is 12.4. The predicted octanol–water partition coefficient (Wildman–Crippen LogP) is 3.92. The Morgan fingerprint density at radius 2 is 1.70 bits per heavy atom. The third-order valence-electron chi connectivity index (χ3n) is 4.78. The van der Waals surface area contributed by atoms with Gasteiger partial charge in [0.15, 0.2) is 0 Å². The molecule has 0 aliphatic heterocycles. The van der Waals surface area contributed by atoms with Crippen LogP contribution in [0.5, 0.6) is 5.75 Å². The van der Waals surface area contributed by atoms with Gasteiger partial charge in [0, 0.05) is 0 Å². The van der Waals surface area contributed by atoms with E-state index >= 15 is 0 Å². The van der Waals surface area contributed by atoms with Gasteiger partial charge in [0.2, 0.25) is 0 Å². The van der Waals surface area contributed by atoms with E-state index in [1.165, 1.54) is 19.1 Å². The van der Waals surface area contributed by atoms with Crippen LogP contribution in [-0.4, -0.2) is 20.2 Å². The SMILES string of the molecule is COC(=O)C1(C(C)c2ccc(OC)cc2)CCCCC1. The van der Waals surface area contributed by atoms with E-state index in [0.29, 0.717) is 0 Å². The van der Waals surface area contributed by atoms with Crippen LogP contribution < -0.4 is 4.74 Å². The Labute approximate surface area is 121 Å². The second kappa shape index (κ2) is 6.29. The average Bonchev–Trinajstić information content (AvgIpc) is 2.54. The number of hydrogen-bond donors (Lipinski definition) is 0. The molecular formula is C17H24O3. The number of esters is 1. The van der Waals surface area contributed by atoms with Gasteiger partial charge < -0.3 is 9.47 Å². The van der Waals surface area contributed by atoms with Crippen LogP contribution in [0.25, 0.3) is 0 Å². The van der Waals surface area contributed by atoms with Crippen LogP contribution in [0.2, 0.25) is 0 Å². The van der Waals surface area contributed by atoms with Crippen molar-refractivity contribution >= 4 is 5.97 Å². The van der Waals surface area contributed by atoms with E-state index in [0.717, 1.165) is 31.4 Å². The van der Waals surface area contributed by atoms with E-state index in [-0.39, 0.29) is 17.3 Å². The quantitative estimate of drug-likeness (QED) is 0.782. The maximum Gasteiger partial charge on any atom is 0.312 e. The molecule has 0 radical (unpaired) electrons. The molecule has 0 aromatic heterocycles. The number of rotatable bonds is 4. The van der Waals surface area contributed by atoms with Gasteiger partial charge in [0.05, 0.1) is 19.6 Å². The molecule has 1 atom stereocenters. The molecule has 1 aromatic rings. The first kappa shape index (κ1) is 14.9. The second-order valence-electron chi connectivity index (χ2n) is 5.70. The molecule has 0 spiro atoms. The fraction of sp³-hybridized carbons (Fsp3) is 0.588. The van der Waals surface area contributed by atoms with Gasteiger partial charge >= 0.3 is 5.97 Å². The molecule has 0 amide bonds. The lowest BCUT2D eigenvalue weighted by atomic mass is 9.64. The summed E-state index contributed by atoms with van der Waals surface area (Å²) in [6.07, 6.45) is 5.28. The third kappa shape index (κ3) is 2.67. The Balaban J connectivity index is 2.29. The lowest BCUT2D eigenvalue weighted by molar-refractivity contribution is -0.156. The number of hydrogen-bond acceptors (Lipinski definition) is 3. The van der Waals surface area contributed by atoms with Gasteiger partial charge in [0.1, 0.15) is 5.75 Å². The van der Waals surface area contributed by atoms with Crippen molar-refractivity contribution in [1.82, 2.24) is 0 Å². The number of benzene rings is 1. The highest BCUT2D eigenvalue weighted by molar-refractivity contribution is 5.78. The van der Waals surface area contributed by atoms with Crippen molar-refractivity contribution in [3.8, 4) is 5.75 Å². The highest BCUT2D eigenvalue weighted by Crippen LogP contribution is 2.48. The molecule has 1 aliphatic carbocycles. The summed E-state index contributed by atoms with van der Waals surface area (Å²) in [5.74, 6) is 0.957. The summed E-state index contributed by atoms with van der Waals surface area (Å²) in [7, 11) is 3.16. The molecule has 1 unspecified atom stereocenters. The molecule has 0 saturated heterocycles. The molecule has 3 heteroatoms. The average molecular weight is 276 g/mol. The molecule has 0 heterocycles. The van der Waals surface area contributed by atoms with Gasteiger partial charge in [-0.2, -0.15) is 0 Å². The van der Waals surface area contributed by atoms with Crippen molar-refractivity contribution in [2.75, 3.05) is 14.2 Å². The minimum atomic E-state index is -0.360. The number of ether oxygens (including phenoxy) is 2. The molecule has 2 rings (SSSR count). The van der Waals surface area contributed by atoms with Gasteiger partial charge in [-0.25, -0.2) is 0 Å². The van der Waals surface area contributed by atoms with Gasteiger partial charge in [-0.15, -0.1) is 0 Å². The van der Waals surface area contributed by atoms with E-state index in [9.17, 15) is 4.79 Å². The van der Waals surface area contributed by atoms with Crippen LogP contribution >= 0.6 is 0 Å². The van der Waals surface area contributed by atoms with Crippen LogP contribution in [0.3, 0.4) is 0 Å². The first-order valence-electron chi connectivity index (χ1n) is 7.36. The molecule has 1 fully saturated rings. The minimum Gasteiger partial charge on any atom is -0.497 e. The summed E-state index contributed by atoms with van der Waals surface area (Å²) in [5.41, 5.74) is 0.819. The molecule has 0 bridgehead atoms. The Hall–Kier alpha value is -1.51. The Morgan fingerprint density at radius 1 is 1.10 bits per heavy atom. The molecule has 20 heavy (non-hydrogen) atoms. The van der Waals surface area contributed by atoms with Crippen LogP contribution in [0.1, 0.15) is 50.5 Å². The van der Waals surface area contributed by atoms with E-state index in [1.54, 1.807) is 7.11 Å². The summed E-state index contributed by atoms with van der Waals surface area (Å²) < 4.78 is 10.3. The predicted molar refractivity (Wildman–Crippen MR) is 78.9 cm³/mol. The summed E-state index contributed by atoms with van der Waals surface area (Å²) in [5, 5.41) is 0. The Kier molecular flexibility index (Phi) is 4.69. The largest absolute Gasteiger partial charge is 0.497 e. The van der Waals surface area contributed by atoms with Crippen molar-refractivity contribution in [1.29, 1.82) is 0 Å². The summed E-state index contributed by atoms with van der Waals surface area (Å²) >= 11 is 0. The van der Waals surface area contributed by atoms with Crippen LogP contribution in [0, 0.1) is 5.41 Å². The van der Waals surface area contributed by atoms with Crippen molar-refractivity contribution in [2.24, 2.45) is 5.41 Å². The van der Waals surface area contributed by atoms with Gasteiger partial charge in [-0.3, -0.25) is 4.79 Å². The van der Waals surface area contributed by atoms with E-state index in [4.69, 9.17) is 9.47 Å². The van der Waals surface area contributed by atoms with Crippen LogP contribution in [0.15, 0.2) is 24.3 Å². The first-order valence-corrected chi connectivity index (χ1v) is 7.36. The lowest BCUT2D eigenvalue weighted by Gasteiger charge is -2.39. The normalized spacial score (nSPS) is 19.1. The molecule has 110 valence electrons. The van der Waals surface area contributed by atoms with Crippen LogP contribution in [0.4, 0.5) is 0 Å². The standard InChI is InChI=1S/C17H24O3/c1-13(14-7-9-15(19-2)10-8-14)17(16(18)20-3)11-5-4-6-12-17/h7-10,13H,4-6,11-12H2,1-3H3. The van der Waals surface area contributed by atoms with Crippen molar-refractivity contribution in [3.05, 3.63) is 29.8 Å². The van der Waals surface area contributed by atoms with E-state index < -0.39 is 0 Å². The maximum atomic E-state index is 12.4. The molecule has 0 N–H and O–H groups in total. The lowest BCUT2D eigenvalue weighted by Crippen LogP contribution is -2.39. The van der Waals surface area contributed by atoms with Gasteiger partial charge in [-0.05, 0) is 36.5 Å². The fourth-order valence-corrected chi connectivity index (χ4v) is 3.41. The topological polar surface area (TPSA) is 35.5 Å². The minimum absolute atomic E-state index is 0.0551. The van der Waals surface area contributed by atoms with E-state index in [2.05, 4.69) is 19.1 Å². The summed E-state index contributed by atoms with van der Waals surface area (Å²) in [4.78, 5) is 12.4. The molecule has 1 saturated carbocycles. The zero-order valence-corrected chi connectivity index (χ0v) is 12.6. The Morgan fingerprint density at radius 3 is 2.20 bits per heavy atom. The number of carbonyl (C=O) groups excluding carboxylic acids is 1. The summed E-state index contributed by atoms with van der Waals surface area (Å²) in [6.45, 7) is 2.14. The zero-order valence-electron chi connectivity index (χ0n) is 12.6. The van der Waals surface area contributed by atoms with Crippen LogP contribution in [-0.2, 0) is 9.53 Å². The monoisotopic (exact) mass is 276 g/mol. The number of methoxy groups -OCH3 is 2. The Bertz CT molecular complexity index is 444. The third-order valence-corrected chi connectivity index (χ3v) is 4.78. The molecule has 1 aliphatic rings. The van der Waals surface area contributed by atoms with Crippen molar-refractivity contribution in [3.63, 3.8) is 0 Å². The fourth-order valence-electron chi connectivity index (χ4n) is 3.41. The van der Waals surface area contributed by atoms with Crippen molar-refractivity contribution in [2.45, 2.75) is 44.9 Å². The van der Waals surface area contributed by atoms with Gasteiger partial charge in [-0.1, -0.05) is 38.3 Å². The van der Waals surface area contributed by atoms with E-state index in [1.807, 2.05) is 12.1 Å². The molecular weight excluding hydrogens is 252 g/mol.